The molecule has 0 spiro atoms. The Labute approximate surface area is 207 Å². The van der Waals surface area contributed by atoms with Crippen LogP contribution in [0.3, 0.4) is 0 Å². The molecule has 3 rings (SSSR count). The summed E-state index contributed by atoms with van der Waals surface area (Å²) in [6.45, 7) is 6.44. The lowest BCUT2D eigenvalue weighted by molar-refractivity contribution is -0.119. The van der Waals surface area contributed by atoms with Crippen LogP contribution in [0.2, 0.25) is 0 Å². The van der Waals surface area contributed by atoms with Crippen LogP contribution < -0.4 is 9.62 Å². The number of nitrogens with zero attached hydrogens (tertiary/aromatic N) is 1. The van der Waals surface area contributed by atoms with Crippen LogP contribution in [-0.2, 0) is 14.8 Å². The van der Waals surface area contributed by atoms with Gasteiger partial charge in [-0.05, 0) is 67.0 Å². The Morgan fingerprint density at radius 3 is 2.21 bits per heavy atom. The molecule has 0 aliphatic heterocycles. The summed E-state index contributed by atoms with van der Waals surface area (Å²) in [6.07, 6.45) is 0.790. The van der Waals surface area contributed by atoms with Crippen LogP contribution >= 0.6 is 11.8 Å². The fraction of sp³-hybridized carbons (Fsp3) is 0.296. The summed E-state index contributed by atoms with van der Waals surface area (Å²) >= 11 is 1.74. The van der Waals surface area contributed by atoms with Gasteiger partial charge in [0, 0.05) is 11.4 Å². The van der Waals surface area contributed by atoms with Gasteiger partial charge < -0.3 is 5.32 Å². The Hall–Kier alpha value is -2.77. The number of rotatable bonds is 11. The van der Waals surface area contributed by atoms with E-state index in [-0.39, 0.29) is 17.3 Å². The Bertz CT molecular complexity index is 1160. The first-order valence-corrected chi connectivity index (χ1v) is 13.8. The standard InChI is InChI=1S/C27H32N2O3S2/c1-21(2)23-12-14-24(15-13-23)29(34(31,32)26-8-5-4-6-9-26)20-27(30)28-18-7-19-33-25-16-10-22(3)11-17-25/h4-6,8-17,21H,7,18-20H2,1-3H3,(H,28,30). The molecule has 0 radical (unpaired) electrons. The van der Waals surface area contributed by atoms with Gasteiger partial charge in [0.2, 0.25) is 5.91 Å². The number of anilines is 1. The summed E-state index contributed by atoms with van der Waals surface area (Å²) in [5.74, 6) is 0.869. The van der Waals surface area contributed by atoms with Gasteiger partial charge in [-0.15, -0.1) is 11.8 Å². The third-order valence-electron chi connectivity index (χ3n) is 5.40. The van der Waals surface area contributed by atoms with Gasteiger partial charge in [-0.1, -0.05) is 61.9 Å². The monoisotopic (exact) mass is 496 g/mol. The van der Waals surface area contributed by atoms with E-state index in [9.17, 15) is 13.2 Å². The maximum absolute atomic E-state index is 13.4. The second-order valence-corrected chi connectivity index (χ2v) is 11.5. The Kier molecular flexibility index (Phi) is 9.19. The van der Waals surface area contributed by atoms with Crippen molar-refractivity contribution in [2.24, 2.45) is 0 Å². The van der Waals surface area contributed by atoms with Crippen LogP contribution in [0.15, 0.2) is 88.7 Å². The predicted molar refractivity (Wildman–Crippen MR) is 141 cm³/mol. The molecule has 0 atom stereocenters. The zero-order valence-corrected chi connectivity index (χ0v) is 21.5. The molecule has 0 aliphatic rings. The van der Waals surface area contributed by atoms with Crippen molar-refractivity contribution in [3.63, 3.8) is 0 Å². The van der Waals surface area contributed by atoms with Crippen molar-refractivity contribution in [1.29, 1.82) is 0 Å². The van der Waals surface area contributed by atoms with Crippen molar-refractivity contribution in [2.75, 3.05) is 23.1 Å². The third-order valence-corrected chi connectivity index (χ3v) is 8.29. The molecule has 1 N–H and O–H groups in total. The smallest absolute Gasteiger partial charge is 0.264 e. The van der Waals surface area contributed by atoms with Gasteiger partial charge in [-0.25, -0.2) is 8.42 Å². The molecule has 0 fully saturated rings. The molecule has 180 valence electrons. The number of hydrogen-bond acceptors (Lipinski definition) is 4. The van der Waals surface area contributed by atoms with E-state index in [0.29, 0.717) is 18.2 Å². The topological polar surface area (TPSA) is 66.5 Å². The average molecular weight is 497 g/mol. The van der Waals surface area contributed by atoms with Gasteiger partial charge in [0.25, 0.3) is 10.0 Å². The zero-order valence-electron chi connectivity index (χ0n) is 19.9. The summed E-state index contributed by atoms with van der Waals surface area (Å²) in [5, 5.41) is 2.87. The van der Waals surface area contributed by atoms with E-state index in [1.54, 1.807) is 54.2 Å². The largest absolute Gasteiger partial charge is 0.354 e. The van der Waals surface area contributed by atoms with Crippen LogP contribution in [0.5, 0.6) is 0 Å². The molecule has 0 aliphatic carbocycles. The van der Waals surface area contributed by atoms with E-state index in [2.05, 4.69) is 50.4 Å². The van der Waals surface area contributed by atoms with Crippen molar-refractivity contribution < 1.29 is 13.2 Å². The minimum absolute atomic E-state index is 0.158. The summed E-state index contributed by atoms with van der Waals surface area (Å²) in [7, 11) is -3.89. The molecule has 0 heterocycles. The number of thioether (sulfide) groups is 1. The molecule has 0 saturated carbocycles. The zero-order chi connectivity index (χ0) is 24.6. The number of hydrogen-bond donors (Lipinski definition) is 1. The fourth-order valence-electron chi connectivity index (χ4n) is 3.37. The molecule has 0 saturated heterocycles. The molecule has 3 aromatic rings. The molecule has 0 bridgehead atoms. The Balaban J connectivity index is 1.65. The summed E-state index contributed by atoms with van der Waals surface area (Å²) in [5.41, 5.74) is 2.81. The molecule has 1 amide bonds. The highest BCUT2D eigenvalue weighted by Crippen LogP contribution is 2.26. The van der Waals surface area contributed by atoms with Crippen LogP contribution in [0.1, 0.15) is 37.3 Å². The number of amides is 1. The van der Waals surface area contributed by atoms with E-state index in [4.69, 9.17) is 0 Å². The number of carbonyl (C=O) groups is 1. The van der Waals surface area contributed by atoms with Gasteiger partial charge in [-0.2, -0.15) is 0 Å². The number of benzene rings is 3. The molecule has 0 aromatic heterocycles. The van der Waals surface area contributed by atoms with E-state index in [0.717, 1.165) is 17.7 Å². The molecule has 5 nitrogen and oxygen atoms in total. The quantitative estimate of drug-likeness (QED) is 0.277. The minimum Gasteiger partial charge on any atom is -0.354 e. The van der Waals surface area contributed by atoms with E-state index in [1.165, 1.54) is 14.8 Å². The Morgan fingerprint density at radius 2 is 1.59 bits per heavy atom. The number of sulfonamides is 1. The number of carbonyl (C=O) groups excluding carboxylic acids is 1. The second kappa shape index (κ2) is 12.1. The highest BCUT2D eigenvalue weighted by atomic mass is 32.2. The van der Waals surface area contributed by atoms with Crippen molar-refractivity contribution >= 4 is 33.4 Å². The lowest BCUT2D eigenvalue weighted by atomic mass is 10.0. The average Bonchev–Trinajstić information content (AvgIpc) is 2.84. The summed E-state index contributed by atoms with van der Waals surface area (Å²) in [6, 6.07) is 23.9. The first kappa shape index (κ1) is 25.8. The molecule has 0 unspecified atom stereocenters. The van der Waals surface area contributed by atoms with E-state index in [1.807, 2.05) is 12.1 Å². The molecular weight excluding hydrogens is 464 g/mol. The normalized spacial score (nSPS) is 11.4. The second-order valence-electron chi connectivity index (χ2n) is 8.44. The first-order chi connectivity index (χ1) is 16.3. The fourth-order valence-corrected chi connectivity index (χ4v) is 5.67. The van der Waals surface area contributed by atoms with Crippen LogP contribution in [0, 0.1) is 6.92 Å². The number of nitrogens with one attached hydrogen (secondary N) is 1. The predicted octanol–water partition coefficient (Wildman–Crippen LogP) is 5.61. The van der Waals surface area contributed by atoms with Crippen molar-refractivity contribution in [3.8, 4) is 0 Å². The van der Waals surface area contributed by atoms with Crippen molar-refractivity contribution in [2.45, 2.75) is 42.9 Å². The van der Waals surface area contributed by atoms with Gasteiger partial charge in [0.1, 0.15) is 6.54 Å². The van der Waals surface area contributed by atoms with Crippen molar-refractivity contribution in [1.82, 2.24) is 5.32 Å². The third kappa shape index (κ3) is 7.11. The molecule has 3 aromatic carbocycles. The summed E-state index contributed by atoms with van der Waals surface area (Å²) < 4.78 is 28.0. The highest BCUT2D eigenvalue weighted by molar-refractivity contribution is 7.99. The Morgan fingerprint density at radius 1 is 0.941 bits per heavy atom. The van der Waals surface area contributed by atoms with Crippen LogP contribution in [0.25, 0.3) is 0 Å². The molecular formula is C27H32N2O3S2. The van der Waals surface area contributed by atoms with Gasteiger partial charge >= 0.3 is 0 Å². The summed E-state index contributed by atoms with van der Waals surface area (Å²) in [4.78, 5) is 14.1. The van der Waals surface area contributed by atoms with Gasteiger partial charge in [-0.3, -0.25) is 9.10 Å². The van der Waals surface area contributed by atoms with Crippen molar-refractivity contribution in [3.05, 3.63) is 90.0 Å². The minimum atomic E-state index is -3.89. The van der Waals surface area contributed by atoms with Crippen LogP contribution in [-0.4, -0.2) is 33.2 Å². The highest BCUT2D eigenvalue weighted by Gasteiger charge is 2.27. The number of aryl methyl sites for hydroxylation is 1. The van der Waals surface area contributed by atoms with Gasteiger partial charge in [0.15, 0.2) is 0 Å². The first-order valence-electron chi connectivity index (χ1n) is 11.4. The lowest BCUT2D eigenvalue weighted by Crippen LogP contribution is -2.41. The lowest BCUT2D eigenvalue weighted by Gasteiger charge is -2.24. The maximum atomic E-state index is 13.4. The van der Waals surface area contributed by atoms with Crippen LogP contribution in [0.4, 0.5) is 5.69 Å². The molecule has 7 heteroatoms. The van der Waals surface area contributed by atoms with E-state index >= 15 is 0 Å². The molecule has 34 heavy (non-hydrogen) atoms. The van der Waals surface area contributed by atoms with E-state index < -0.39 is 10.0 Å². The SMILES string of the molecule is Cc1ccc(SCCCNC(=O)CN(c2ccc(C(C)C)cc2)S(=O)(=O)c2ccccc2)cc1. The maximum Gasteiger partial charge on any atom is 0.264 e. The van der Waals surface area contributed by atoms with Gasteiger partial charge in [0.05, 0.1) is 10.6 Å².